The summed E-state index contributed by atoms with van der Waals surface area (Å²) in [6.07, 6.45) is 0.572. The molecular formula is C19H30N2O4. The van der Waals surface area contributed by atoms with Gasteiger partial charge in [0.25, 0.3) is 0 Å². The average molecular weight is 350 g/mol. The standard InChI is InChI=1S/C19H30N2O4/c1-14(2)11-17(19(23)20-9-10-24-4)21-18(22)13-25-12-16-7-5-15(3)6-8-16/h5-8,14,17H,9-13H2,1-4H3,(H,20,23)(H,21,22)/t17-/m0/s1. The van der Waals surface area contributed by atoms with Crippen LogP contribution in [0.1, 0.15) is 31.4 Å². The first-order valence-corrected chi connectivity index (χ1v) is 8.61. The van der Waals surface area contributed by atoms with E-state index in [2.05, 4.69) is 10.6 Å². The van der Waals surface area contributed by atoms with E-state index < -0.39 is 6.04 Å². The summed E-state index contributed by atoms with van der Waals surface area (Å²) in [4.78, 5) is 24.3. The van der Waals surface area contributed by atoms with Crippen LogP contribution in [-0.4, -0.2) is 44.7 Å². The second kappa shape index (κ2) is 11.6. The predicted molar refractivity (Wildman–Crippen MR) is 97.1 cm³/mol. The van der Waals surface area contributed by atoms with Crippen molar-refractivity contribution in [1.82, 2.24) is 10.6 Å². The molecule has 1 rings (SSSR count). The maximum Gasteiger partial charge on any atom is 0.246 e. The smallest absolute Gasteiger partial charge is 0.246 e. The van der Waals surface area contributed by atoms with Gasteiger partial charge in [0.05, 0.1) is 13.2 Å². The lowest BCUT2D eigenvalue weighted by atomic mass is 10.0. The number of rotatable bonds is 11. The molecule has 0 bridgehead atoms. The highest BCUT2D eigenvalue weighted by atomic mass is 16.5. The van der Waals surface area contributed by atoms with Gasteiger partial charge in [-0.2, -0.15) is 0 Å². The molecule has 0 heterocycles. The number of aryl methyl sites for hydroxylation is 1. The van der Waals surface area contributed by atoms with Gasteiger partial charge >= 0.3 is 0 Å². The molecule has 6 nitrogen and oxygen atoms in total. The van der Waals surface area contributed by atoms with E-state index in [9.17, 15) is 9.59 Å². The summed E-state index contributed by atoms with van der Waals surface area (Å²) < 4.78 is 10.4. The van der Waals surface area contributed by atoms with Gasteiger partial charge < -0.3 is 20.1 Å². The van der Waals surface area contributed by atoms with Gasteiger partial charge in [-0.25, -0.2) is 0 Å². The van der Waals surface area contributed by atoms with Crippen molar-refractivity contribution in [2.75, 3.05) is 26.9 Å². The SMILES string of the molecule is COCCNC(=O)[C@H](CC(C)C)NC(=O)COCc1ccc(C)cc1. The van der Waals surface area contributed by atoms with E-state index in [4.69, 9.17) is 9.47 Å². The highest BCUT2D eigenvalue weighted by molar-refractivity contribution is 5.88. The Balaban J connectivity index is 2.42. The van der Waals surface area contributed by atoms with Gasteiger partial charge in [0.2, 0.25) is 11.8 Å². The third kappa shape index (κ3) is 9.22. The topological polar surface area (TPSA) is 76.7 Å². The Labute approximate surface area is 150 Å². The first kappa shape index (κ1) is 21.1. The van der Waals surface area contributed by atoms with Crippen LogP contribution in [0.4, 0.5) is 0 Å². The number of amides is 2. The molecule has 6 heteroatoms. The monoisotopic (exact) mass is 350 g/mol. The van der Waals surface area contributed by atoms with Crippen LogP contribution >= 0.6 is 0 Å². The number of hydrogen-bond acceptors (Lipinski definition) is 4. The van der Waals surface area contributed by atoms with Crippen molar-refractivity contribution < 1.29 is 19.1 Å². The van der Waals surface area contributed by atoms with Crippen LogP contribution in [0.15, 0.2) is 24.3 Å². The van der Waals surface area contributed by atoms with Gasteiger partial charge in [0, 0.05) is 13.7 Å². The van der Waals surface area contributed by atoms with Crippen molar-refractivity contribution in [2.24, 2.45) is 5.92 Å². The predicted octanol–water partition coefficient (Wildman–Crippen LogP) is 1.81. The Morgan fingerprint density at radius 3 is 2.44 bits per heavy atom. The average Bonchev–Trinajstić information content (AvgIpc) is 2.56. The number of carbonyl (C=O) groups is 2. The summed E-state index contributed by atoms with van der Waals surface area (Å²) in [5.41, 5.74) is 2.19. The first-order valence-electron chi connectivity index (χ1n) is 8.61. The second-order valence-corrected chi connectivity index (χ2v) is 6.51. The largest absolute Gasteiger partial charge is 0.383 e. The van der Waals surface area contributed by atoms with Gasteiger partial charge in [0.15, 0.2) is 0 Å². The fourth-order valence-electron chi connectivity index (χ4n) is 2.28. The van der Waals surface area contributed by atoms with Gasteiger partial charge in [-0.1, -0.05) is 43.7 Å². The number of ether oxygens (including phenoxy) is 2. The van der Waals surface area contributed by atoms with Gasteiger partial charge in [-0.05, 0) is 24.8 Å². The van der Waals surface area contributed by atoms with Gasteiger partial charge in [-0.15, -0.1) is 0 Å². The van der Waals surface area contributed by atoms with E-state index in [-0.39, 0.29) is 24.3 Å². The van der Waals surface area contributed by atoms with E-state index in [1.807, 2.05) is 45.0 Å². The zero-order valence-corrected chi connectivity index (χ0v) is 15.6. The van der Waals surface area contributed by atoms with Crippen molar-refractivity contribution >= 4 is 11.8 Å². The van der Waals surface area contributed by atoms with E-state index in [0.29, 0.717) is 26.2 Å². The Hall–Kier alpha value is -1.92. The number of nitrogens with one attached hydrogen (secondary N) is 2. The molecule has 2 amide bonds. The number of hydrogen-bond donors (Lipinski definition) is 2. The highest BCUT2D eigenvalue weighted by Gasteiger charge is 2.21. The van der Waals surface area contributed by atoms with Crippen molar-refractivity contribution in [3.63, 3.8) is 0 Å². The number of benzene rings is 1. The molecule has 0 aliphatic rings. The van der Waals surface area contributed by atoms with Gasteiger partial charge in [-0.3, -0.25) is 9.59 Å². The lowest BCUT2D eigenvalue weighted by molar-refractivity contribution is -0.132. The fraction of sp³-hybridized carbons (Fsp3) is 0.579. The molecule has 140 valence electrons. The lowest BCUT2D eigenvalue weighted by Crippen LogP contribution is -2.49. The maximum atomic E-state index is 12.2. The third-order valence-electron chi connectivity index (χ3n) is 3.59. The van der Waals surface area contributed by atoms with E-state index >= 15 is 0 Å². The molecule has 0 radical (unpaired) electrons. The molecule has 1 atom stereocenters. The number of carbonyl (C=O) groups excluding carboxylic acids is 2. The fourth-order valence-corrected chi connectivity index (χ4v) is 2.28. The molecule has 1 aromatic carbocycles. The molecule has 0 fully saturated rings. The molecule has 0 aromatic heterocycles. The Kier molecular flexibility index (Phi) is 9.80. The van der Waals surface area contributed by atoms with E-state index in [1.54, 1.807) is 7.11 Å². The minimum atomic E-state index is -0.563. The highest BCUT2D eigenvalue weighted by Crippen LogP contribution is 2.06. The van der Waals surface area contributed by atoms with Crippen LogP contribution in [0.5, 0.6) is 0 Å². The minimum absolute atomic E-state index is 0.0756. The molecule has 0 unspecified atom stereocenters. The van der Waals surface area contributed by atoms with Crippen molar-refractivity contribution in [2.45, 2.75) is 39.8 Å². The molecule has 0 aliphatic heterocycles. The van der Waals surface area contributed by atoms with Crippen LogP contribution in [0.25, 0.3) is 0 Å². The molecule has 1 aromatic rings. The van der Waals surface area contributed by atoms with E-state index in [1.165, 1.54) is 5.56 Å². The molecular weight excluding hydrogens is 320 g/mol. The summed E-state index contributed by atoms with van der Waals surface area (Å²) in [5, 5.41) is 5.52. The molecule has 25 heavy (non-hydrogen) atoms. The molecule has 0 spiro atoms. The van der Waals surface area contributed by atoms with Crippen LogP contribution in [0, 0.1) is 12.8 Å². The quantitative estimate of drug-likeness (QED) is 0.597. The van der Waals surface area contributed by atoms with Crippen LogP contribution < -0.4 is 10.6 Å². The lowest BCUT2D eigenvalue weighted by Gasteiger charge is -2.20. The Morgan fingerprint density at radius 2 is 1.84 bits per heavy atom. The minimum Gasteiger partial charge on any atom is -0.383 e. The maximum absolute atomic E-state index is 12.2. The molecule has 0 saturated carbocycles. The molecule has 2 N–H and O–H groups in total. The second-order valence-electron chi connectivity index (χ2n) is 6.51. The van der Waals surface area contributed by atoms with Gasteiger partial charge in [0.1, 0.15) is 12.6 Å². The summed E-state index contributed by atoms with van der Waals surface area (Å²) >= 11 is 0. The summed E-state index contributed by atoms with van der Waals surface area (Å²) in [7, 11) is 1.57. The summed E-state index contributed by atoms with van der Waals surface area (Å²) in [6.45, 7) is 7.18. The van der Waals surface area contributed by atoms with Crippen LogP contribution in [0.3, 0.4) is 0 Å². The normalized spacial score (nSPS) is 12.0. The van der Waals surface area contributed by atoms with Crippen LogP contribution in [-0.2, 0) is 25.7 Å². The zero-order valence-electron chi connectivity index (χ0n) is 15.6. The zero-order chi connectivity index (χ0) is 18.7. The van der Waals surface area contributed by atoms with Crippen molar-refractivity contribution in [3.05, 3.63) is 35.4 Å². The third-order valence-corrected chi connectivity index (χ3v) is 3.59. The Bertz CT molecular complexity index is 529. The Morgan fingerprint density at radius 1 is 1.16 bits per heavy atom. The number of methoxy groups -OCH3 is 1. The first-order chi connectivity index (χ1) is 11.9. The van der Waals surface area contributed by atoms with Crippen molar-refractivity contribution in [3.8, 4) is 0 Å². The van der Waals surface area contributed by atoms with E-state index in [0.717, 1.165) is 5.56 Å². The van der Waals surface area contributed by atoms with Crippen molar-refractivity contribution in [1.29, 1.82) is 0 Å². The summed E-state index contributed by atoms with van der Waals surface area (Å²) in [5.74, 6) is -0.204. The molecule has 0 saturated heterocycles. The summed E-state index contributed by atoms with van der Waals surface area (Å²) in [6, 6.07) is 7.38. The van der Waals surface area contributed by atoms with Crippen LogP contribution in [0.2, 0.25) is 0 Å². The molecule has 0 aliphatic carbocycles.